The van der Waals surface area contributed by atoms with E-state index in [9.17, 15) is 4.79 Å². The van der Waals surface area contributed by atoms with Crippen molar-refractivity contribution in [2.75, 3.05) is 0 Å². The zero-order valence-electron chi connectivity index (χ0n) is 8.98. The zero-order valence-corrected chi connectivity index (χ0v) is 8.98. The first kappa shape index (κ1) is 10.4. The molecule has 5 heteroatoms. The molecule has 0 unspecified atom stereocenters. The Morgan fingerprint density at radius 2 is 2.12 bits per heavy atom. The number of aromatic nitrogens is 3. The van der Waals surface area contributed by atoms with Gasteiger partial charge in [0.1, 0.15) is 11.4 Å². The first-order valence-corrected chi connectivity index (χ1v) is 4.81. The molecule has 0 saturated heterocycles. The molecule has 5 nitrogen and oxygen atoms in total. The lowest BCUT2D eigenvalue weighted by Gasteiger charge is -2.07. The molecule has 0 radical (unpaired) electrons. The van der Waals surface area contributed by atoms with E-state index in [2.05, 4.69) is 15.0 Å². The lowest BCUT2D eigenvalue weighted by molar-refractivity contribution is 0.0696. The highest BCUT2D eigenvalue weighted by Gasteiger charge is 2.18. The quantitative estimate of drug-likeness (QED) is 0.803. The van der Waals surface area contributed by atoms with E-state index in [1.807, 2.05) is 0 Å². The third-order valence-corrected chi connectivity index (χ3v) is 2.29. The van der Waals surface area contributed by atoms with Gasteiger partial charge in [0.15, 0.2) is 0 Å². The Labute approximate surface area is 92.2 Å². The third kappa shape index (κ3) is 1.67. The van der Waals surface area contributed by atoms with Gasteiger partial charge >= 0.3 is 5.97 Å². The van der Waals surface area contributed by atoms with Gasteiger partial charge in [-0.3, -0.25) is 0 Å². The van der Waals surface area contributed by atoms with Gasteiger partial charge in [0.25, 0.3) is 0 Å². The molecule has 0 aliphatic rings. The topological polar surface area (TPSA) is 78.9 Å². The molecule has 0 atom stereocenters. The normalized spacial score (nSPS) is 10.4. The number of aromatic carboxylic acids is 1. The molecule has 2 aromatic rings. The monoisotopic (exact) mass is 217 g/mol. The molecule has 0 fully saturated rings. The van der Waals surface area contributed by atoms with E-state index in [0.29, 0.717) is 17.2 Å². The van der Waals surface area contributed by atoms with Crippen LogP contribution in [0, 0.1) is 13.8 Å². The second-order valence-electron chi connectivity index (χ2n) is 3.48. The van der Waals surface area contributed by atoms with Crippen molar-refractivity contribution in [3.63, 3.8) is 0 Å². The van der Waals surface area contributed by atoms with Gasteiger partial charge in [-0.25, -0.2) is 14.8 Å². The fourth-order valence-electron chi connectivity index (χ4n) is 1.65. The minimum absolute atomic E-state index is 0.158. The van der Waals surface area contributed by atoms with Crippen molar-refractivity contribution in [1.82, 2.24) is 15.0 Å². The molecule has 16 heavy (non-hydrogen) atoms. The Morgan fingerprint density at radius 1 is 1.38 bits per heavy atom. The lowest BCUT2D eigenvalue weighted by atomic mass is 10.1. The van der Waals surface area contributed by atoms with Gasteiger partial charge in [0, 0.05) is 18.0 Å². The molecular formula is C11H11N3O2. The van der Waals surface area contributed by atoms with Gasteiger partial charge in [0.05, 0.1) is 11.4 Å². The molecule has 0 saturated carbocycles. The standard InChI is InChI=1S/C11H11N3O2/c1-6-9(11(15)16)10(14-7(2)13-6)8-3-4-12-5-8/h3-5,12H,1-2H3,(H,15,16). The summed E-state index contributed by atoms with van der Waals surface area (Å²) in [6.45, 7) is 3.42. The van der Waals surface area contributed by atoms with Crippen LogP contribution in [-0.2, 0) is 0 Å². The van der Waals surface area contributed by atoms with E-state index in [4.69, 9.17) is 5.11 Å². The molecule has 2 aromatic heterocycles. The summed E-state index contributed by atoms with van der Waals surface area (Å²) in [5.41, 5.74) is 1.85. The number of H-pyrrole nitrogens is 1. The summed E-state index contributed by atoms with van der Waals surface area (Å²) >= 11 is 0. The zero-order chi connectivity index (χ0) is 11.7. The molecule has 0 bridgehead atoms. The van der Waals surface area contributed by atoms with Gasteiger partial charge in [-0.2, -0.15) is 0 Å². The average Bonchev–Trinajstić information content (AvgIpc) is 2.67. The number of aromatic amines is 1. The van der Waals surface area contributed by atoms with Gasteiger partial charge in [-0.05, 0) is 19.9 Å². The second-order valence-corrected chi connectivity index (χ2v) is 3.48. The first-order chi connectivity index (χ1) is 7.59. The fourth-order valence-corrected chi connectivity index (χ4v) is 1.65. The molecule has 2 N–H and O–H groups in total. The Kier molecular flexibility index (Phi) is 2.44. The molecule has 0 aliphatic heterocycles. The molecule has 0 aromatic carbocycles. The smallest absolute Gasteiger partial charge is 0.339 e. The maximum absolute atomic E-state index is 11.2. The summed E-state index contributed by atoms with van der Waals surface area (Å²) in [5.74, 6) is -0.438. The summed E-state index contributed by atoms with van der Waals surface area (Å²) < 4.78 is 0. The van der Waals surface area contributed by atoms with Crippen LogP contribution in [0.15, 0.2) is 18.5 Å². The Balaban J connectivity index is 2.72. The summed E-state index contributed by atoms with van der Waals surface area (Å²) in [6.07, 6.45) is 3.45. The minimum atomic E-state index is -1.01. The predicted octanol–water partition coefficient (Wildman–Crippen LogP) is 1.79. The van der Waals surface area contributed by atoms with Crippen LogP contribution in [0.1, 0.15) is 21.9 Å². The van der Waals surface area contributed by atoms with Crippen LogP contribution in [0.5, 0.6) is 0 Å². The van der Waals surface area contributed by atoms with Crippen molar-refractivity contribution in [2.45, 2.75) is 13.8 Å². The van der Waals surface area contributed by atoms with Crippen molar-refractivity contribution >= 4 is 5.97 Å². The van der Waals surface area contributed by atoms with Crippen molar-refractivity contribution in [2.24, 2.45) is 0 Å². The van der Waals surface area contributed by atoms with Crippen LogP contribution in [0.3, 0.4) is 0 Å². The van der Waals surface area contributed by atoms with Crippen LogP contribution in [0.2, 0.25) is 0 Å². The lowest BCUT2D eigenvalue weighted by Crippen LogP contribution is -2.08. The Hall–Kier alpha value is -2.17. The third-order valence-electron chi connectivity index (χ3n) is 2.29. The number of nitrogens with zero attached hydrogens (tertiary/aromatic N) is 2. The van der Waals surface area contributed by atoms with Crippen LogP contribution in [-0.4, -0.2) is 26.0 Å². The fraction of sp³-hybridized carbons (Fsp3) is 0.182. The molecule has 0 spiro atoms. The number of hydrogen-bond donors (Lipinski definition) is 2. The van der Waals surface area contributed by atoms with Gasteiger partial charge in [-0.1, -0.05) is 0 Å². The number of carbonyl (C=O) groups is 1. The summed E-state index contributed by atoms with van der Waals surface area (Å²) in [4.78, 5) is 22.3. The van der Waals surface area contributed by atoms with Gasteiger partial charge < -0.3 is 10.1 Å². The number of nitrogens with one attached hydrogen (secondary N) is 1. The van der Waals surface area contributed by atoms with Crippen molar-refractivity contribution in [3.05, 3.63) is 35.5 Å². The predicted molar refractivity (Wildman–Crippen MR) is 58.3 cm³/mol. The van der Waals surface area contributed by atoms with Crippen LogP contribution < -0.4 is 0 Å². The molecule has 0 aliphatic carbocycles. The highest BCUT2D eigenvalue weighted by Crippen LogP contribution is 2.22. The molecule has 2 heterocycles. The van der Waals surface area contributed by atoms with Crippen molar-refractivity contribution in [1.29, 1.82) is 0 Å². The highest BCUT2D eigenvalue weighted by molar-refractivity contribution is 5.95. The summed E-state index contributed by atoms with van der Waals surface area (Å²) in [5, 5.41) is 9.15. The van der Waals surface area contributed by atoms with Crippen LogP contribution >= 0.6 is 0 Å². The van der Waals surface area contributed by atoms with E-state index in [0.717, 1.165) is 5.56 Å². The largest absolute Gasteiger partial charge is 0.478 e. The Bertz CT molecular complexity index is 532. The highest BCUT2D eigenvalue weighted by atomic mass is 16.4. The Morgan fingerprint density at radius 3 is 2.69 bits per heavy atom. The summed E-state index contributed by atoms with van der Waals surface area (Å²) in [6, 6.07) is 1.79. The SMILES string of the molecule is Cc1nc(C)c(C(=O)O)c(-c2cc[nH]c2)n1. The van der Waals surface area contributed by atoms with Crippen LogP contribution in [0.4, 0.5) is 0 Å². The van der Waals surface area contributed by atoms with E-state index in [-0.39, 0.29) is 5.56 Å². The maximum Gasteiger partial charge on any atom is 0.339 e. The molecular weight excluding hydrogens is 206 g/mol. The van der Waals surface area contributed by atoms with E-state index in [1.54, 1.807) is 32.3 Å². The molecule has 2 rings (SSSR count). The number of rotatable bonds is 2. The average molecular weight is 217 g/mol. The van der Waals surface area contributed by atoms with Gasteiger partial charge in [-0.15, -0.1) is 0 Å². The number of carboxylic acid groups (broad SMARTS) is 1. The first-order valence-electron chi connectivity index (χ1n) is 4.81. The van der Waals surface area contributed by atoms with Gasteiger partial charge in [0.2, 0.25) is 0 Å². The summed E-state index contributed by atoms with van der Waals surface area (Å²) in [7, 11) is 0. The second kappa shape index (κ2) is 3.77. The number of hydrogen-bond acceptors (Lipinski definition) is 3. The van der Waals surface area contributed by atoms with E-state index in [1.165, 1.54) is 0 Å². The number of carboxylic acids is 1. The van der Waals surface area contributed by atoms with E-state index < -0.39 is 5.97 Å². The maximum atomic E-state index is 11.2. The van der Waals surface area contributed by atoms with E-state index >= 15 is 0 Å². The van der Waals surface area contributed by atoms with Crippen molar-refractivity contribution < 1.29 is 9.90 Å². The minimum Gasteiger partial charge on any atom is -0.478 e. The molecule has 0 amide bonds. The van der Waals surface area contributed by atoms with Crippen molar-refractivity contribution in [3.8, 4) is 11.3 Å². The molecule has 82 valence electrons. The number of aryl methyl sites for hydroxylation is 2. The van der Waals surface area contributed by atoms with Crippen LogP contribution in [0.25, 0.3) is 11.3 Å².